The van der Waals surface area contributed by atoms with Crippen molar-refractivity contribution in [2.75, 3.05) is 70.9 Å². The van der Waals surface area contributed by atoms with Crippen molar-refractivity contribution < 1.29 is 38.1 Å². The molecule has 4 amide bonds. The molecule has 17 nitrogen and oxygen atoms in total. The Kier molecular flexibility index (Phi) is 14.2. The van der Waals surface area contributed by atoms with E-state index in [1.807, 2.05) is 44.6 Å². The molecule has 9 rings (SSSR count). The normalized spacial score (nSPS) is 19.1. The second-order valence-corrected chi connectivity index (χ2v) is 18.8. The average Bonchev–Trinajstić information content (AvgIpc) is 3.96. The summed E-state index contributed by atoms with van der Waals surface area (Å²) in [5.74, 6) is 0.534. The molecule has 4 N–H and O–H groups in total. The van der Waals surface area contributed by atoms with E-state index >= 15 is 0 Å². The van der Waals surface area contributed by atoms with Crippen molar-refractivity contribution in [3.8, 4) is 23.0 Å². The second kappa shape index (κ2) is 20.8. The number of fused-ring (bicyclic) bond motifs is 4. The number of amides is 4. The van der Waals surface area contributed by atoms with E-state index in [4.69, 9.17) is 34.7 Å². The molecule has 5 heterocycles. The summed E-state index contributed by atoms with van der Waals surface area (Å²) in [6.45, 7) is 9.95. The van der Waals surface area contributed by atoms with Crippen LogP contribution in [-0.4, -0.2) is 136 Å². The minimum Gasteiger partial charge on any atom is -0.493 e. The van der Waals surface area contributed by atoms with E-state index in [2.05, 4.69) is 51.7 Å². The molecule has 5 aliphatic rings. The summed E-state index contributed by atoms with van der Waals surface area (Å²) in [4.78, 5) is 70.9. The quantitative estimate of drug-likeness (QED) is 0.102. The summed E-state index contributed by atoms with van der Waals surface area (Å²) in [5, 5.41) is 5.50. The number of nitrogens with two attached hydrogens (primary N) is 1. The zero-order valence-electron chi connectivity index (χ0n) is 41.0. The summed E-state index contributed by atoms with van der Waals surface area (Å²) in [6, 6.07) is 20.8. The number of nitrogens with zero attached hydrogens (tertiary/aromatic N) is 6. The van der Waals surface area contributed by atoms with Crippen molar-refractivity contribution in [3.63, 3.8) is 0 Å². The number of likely N-dealkylation sites (N-methyl/N-ethyl adjacent to an activating group) is 1. The van der Waals surface area contributed by atoms with Crippen molar-refractivity contribution in [3.05, 3.63) is 107 Å². The number of hydrogen-bond donors (Lipinski definition) is 3. The van der Waals surface area contributed by atoms with Crippen LogP contribution in [0.15, 0.2) is 95.2 Å². The molecule has 0 aromatic heterocycles. The zero-order valence-corrected chi connectivity index (χ0v) is 41.0. The standard InChI is InChI=1S/C54H61N9O8/c1-32(2)50(55)52(65)58-33(3)51(64)59-38-12-8-34(9-13-38)36-22-40-28-56-44-26-48(46(68-5)24-42(44)53(66)62(40)30-36)70-20-7-21-71-49-27-45-43(25-47(49)69-6)54(67)63-31-37(23-41(63)29-57-45)35-10-14-39(15-11-35)61-18-16-60(4)17-19-61/h8-15,24-33,40-41,50H,7,16-23,55H2,1-6H3,(H,58,65)(H,59,64)/t33?,40-,41-,50?/m1/s1. The van der Waals surface area contributed by atoms with Gasteiger partial charge in [-0.2, -0.15) is 0 Å². The first-order chi connectivity index (χ1) is 34.3. The van der Waals surface area contributed by atoms with Gasteiger partial charge in [-0.05, 0) is 78.6 Å². The fraction of sp³-hybridized carbons (Fsp3) is 0.370. The van der Waals surface area contributed by atoms with E-state index in [-0.39, 0.29) is 54.8 Å². The van der Waals surface area contributed by atoms with Gasteiger partial charge in [0.1, 0.15) is 6.04 Å². The summed E-state index contributed by atoms with van der Waals surface area (Å²) in [6.07, 6.45) is 9.08. The number of piperazine rings is 1. The van der Waals surface area contributed by atoms with Crippen molar-refractivity contribution in [2.45, 2.75) is 64.2 Å². The Hall–Kier alpha value is -7.50. The van der Waals surface area contributed by atoms with Crippen molar-refractivity contribution in [1.82, 2.24) is 20.0 Å². The molecule has 1 fully saturated rings. The number of methoxy groups -OCH3 is 2. The molecule has 2 unspecified atom stereocenters. The molecule has 17 heteroatoms. The van der Waals surface area contributed by atoms with Gasteiger partial charge in [0, 0.05) is 93.8 Å². The number of hydrogen-bond acceptors (Lipinski definition) is 13. The van der Waals surface area contributed by atoms with Crippen LogP contribution in [-0.2, 0) is 9.59 Å². The summed E-state index contributed by atoms with van der Waals surface area (Å²) < 4.78 is 23.8. The third-order valence-corrected chi connectivity index (χ3v) is 13.6. The van der Waals surface area contributed by atoms with Gasteiger partial charge >= 0.3 is 0 Å². The Morgan fingerprint density at radius 2 is 1.18 bits per heavy atom. The van der Waals surface area contributed by atoms with Crippen LogP contribution in [0.25, 0.3) is 11.1 Å². The van der Waals surface area contributed by atoms with Gasteiger partial charge in [0.15, 0.2) is 23.0 Å². The highest BCUT2D eigenvalue weighted by Gasteiger charge is 2.35. The number of aliphatic imine (C=N–C) groups is 2. The Balaban J connectivity index is 0.785. The monoisotopic (exact) mass is 963 g/mol. The third kappa shape index (κ3) is 10.4. The van der Waals surface area contributed by atoms with E-state index in [1.54, 1.807) is 66.4 Å². The van der Waals surface area contributed by atoms with Crippen LogP contribution in [0.2, 0.25) is 0 Å². The molecule has 0 aliphatic carbocycles. The lowest BCUT2D eigenvalue weighted by Gasteiger charge is -2.34. The summed E-state index contributed by atoms with van der Waals surface area (Å²) >= 11 is 0. The average molecular weight is 964 g/mol. The van der Waals surface area contributed by atoms with Gasteiger partial charge in [-0.3, -0.25) is 29.2 Å². The van der Waals surface area contributed by atoms with E-state index < -0.39 is 12.1 Å². The largest absolute Gasteiger partial charge is 0.493 e. The van der Waals surface area contributed by atoms with Crippen LogP contribution in [0.1, 0.15) is 71.9 Å². The Labute approximate surface area is 414 Å². The number of carbonyl (C=O) groups excluding carboxylic acids is 4. The number of nitrogens with one attached hydrogen (secondary N) is 2. The molecule has 71 heavy (non-hydrogen) atoms. The van der Waals surface area contributed by atoms with Gasteiger partial charge in [-0.25, -0.2) is 0 Å². The molecule has 4 aromatic rings. The number of anilines is 2. The SMILES string of the molecule is COc1cc2c(cc1OCCCOc1cc3c(cc1OC)C(=O)N1C=C(c4ccc(N5CCN(C)CC5)cc4)C[C@@H]1C=N3)N=C[C@H]1CC(c3ccc(NC(=O)C(C)NC(=O)C(N)C(C)C)cc3)=CN1C2=O. The maximum Gasteiger partial charge on any atom is 0.260 e. The van der Waals surface area contributed by atoms with E-state index in [0.717, 1.165) is 48.5 Å². The van der Waals surface area contributed by atoms with Crippen molar-refractivity contribution in [1.29, 1.82) is 0 Å². The van der Waals surface area contributed by atoms with Gasteiger partial charge in [-0.1, -0.05) is 38.1 Å². The molecule has 0 saturated carbocycles. The summed E-state index contributed by atoms with van der Waals surface area (Å²) in [5.41, 5.74) is 13.5. The maximum atomic E-state index is 14.0. The lowest BCUT2D eigenvalue weighted by atomic mass is 10.0. The Morgan fingerprint density at radius 3 is 1.66 bits per heavy atom. The lowest BCUT2D eigenvalue weighted by molar-refractivity contribution is -0.127. The first-order valence-corrected chi connectivity index (χ1v) is 24.1. The van der Waals surface area contributed by atoms with Crippen LogP contribution in [0.3, 0.4) is 0 Å². The predicted molar refractivity (Wildman–Crippen MR) is 275 cm³/mol. The van der Waals surface area contributed by atoms with E-state index in [0.29, 0.717) is 70.4 Å². The van der Waals surface area contributed by atoms with Gasteiger partial charge < -0.3 is 54.9 Å². The number of benzene rings is 4. The molecule has 0 bridgehead atoms. The molecule has 1 saturated heterocycles. The third-order valence-electron chi connectivity index (χ3n) is 13.6. The number of ether oxygens (including phenoxy) is 4. The minimum absolute atomic E-state index is 0.0595. The van der Waals surface area contributed by atoms with Crippen LogP contribution in [0, 0.1) is 5.92 Å². The molecule has 0 radical (unpaired) electrons. The van der Waals surface area contributed by atoms with Gasteiger partial charge in [0.2, 0.25) is 11.8 Å². The van der Waals surface area contributed by atoms with Gasteiger partial charge in [-0.15, -0.1) is 0 Å². The van der Waals surface area contributed by atoms with Crippen LogP contribution < -0.4 is 40.2 Å². The van der Waals surface area contributed by atoms with Crippen molar-refractivity contribution in [2.24, 2.45) is 21.6 Å². The number of rotatable bonds is 16. The highest BCUT2D eigenvalue weighted by Crippen LogP contribution is 2.42. The summed E-state index contributed by atoms with van der Waals surface area (Å²) in [7, 11) is 5.22. The smallest absolute Gasteiger partial charge is 0.260 e. The predicted octanol–water partition coefficient (Wildman–Crippen LogP) is 6.67. The van der Waals surface area contributed by atoms with E-state index in [1.165, 1.54) is 12.8 Å². The zero-order chi connectivity index (χ0) is 49.9. The fourth-order valence-corrected chi connectivity index (χ4v) is 9.21. The van der Waals surface area contributed by atoms with Crippen LogP contribution >= 0.6 is 0 Å². The van der Waals surface area contributed by atoms with E-state index in [9.17, 15) is 19.2 Å². The molecule has 5 aliphatic heterocycles. The first kappa shape index (κ1) is 48.5. The molecular weight excluding hydrogens is 903 g/mol. The second-order valence-electron chi connectivity index (χ2n) is 18.8. The molecule has 4 aromatic carbocycles. The minimum atomic E-state index is -0.776. The van der Waals surface area contributed by atoms with Gasteiger partial charge in [0.05, 0.1) is 68.1 Å². The highest BCUT2D eigenvalue weighted by atomic mass is 16.5. The fourth-order valence-electron chi connectivity index (χ4n) is 9.21. The molecule has 370 valence electrons. The molecule has 4 atom stereocenters. The topological polar surface area (TPSA) is 193 Å². The van der Waals surface area contributed by atoms with Crippen LogP contribution in [0.5, 0.6) is 23.0 Å². The Morgan fingerprint density at radius 1 is 0.690 bits per heavy atom. The van der Waals surface area contributed by atoms with Crippen molar-refractivity contribution >= 4 is 70.0 Å². The molecular formula is C54H61N9O8. The maximum absolute atomic E-state index is 14.0. The lowest BCUT2D eigenvalue weighted by Crippen LogP contribution is -2.50. The molecule has 0 spiro atoms. The first-order valence-electron chi connectivity index (χ1n) is 24.1. The number of carbonyl (C=O) groups is 4. The van der Waals surface area contributed by atoms with Gasteiger partial charge in [0.25, 0.3) is 11.8 Å². The highest BCUT2D eigenvalue weighted by molar-refractivity contribution is 6.07. The van der Waals surface area contributed by atoms with Crippen LogP contribution in [0.4, 0.5) is 22.7 Å². The Bertz CT molecular complexity index is 2820.